The maximum absolute atomic E-state index is 12.3. The van der Waals surface area contributed by atoms with Crippen molar-refractivity contribution in [3.63, 3.8) is 0 Å². The third kappa shape index (κ3) is 6.19. The number of para-hydroxylation sites is 3. The van der Waals surface area contributed by atoms with Crippen LogP contribution < -0.4 is 25.1 Å². The maximum Gasteiger partial charge on any atom is 0.276 e. The lowest BCUT2D eigenvalue weighted by atomic mass is 10.2. The Hall–Kier alpha value is -3.26. The minimum Gasteiger partial charge on any atom is -0.493 e. The number of methoxy groups -OCH3 is 2. The normalized spacial score (nSPS) is 10.0. The SMILES string of the molecule is COCCOc1ccccc1C(=O)NNC(=O)COc1ccccc1OC. The summed E-state index contributed by atoms with van der Waals surface area (Å²) < 4.78 is 20.9. The number of hydrogen-bond acceptors (Lipinski definition) is 6. The first-order chi connectivity index (χ1) is 13.2. The molecule has 0 aliphatic heterocycles. The van der Waals surface area contributed by atoms with Crippen molar-refractivity contribution in [2.75, 3.05) is 34.0 Å². The molecule has 0 fully saturated rings. The Morgan fingerprint density at radius 1 is 0.815 bits per heavy atom. The van der Waals surface area contributed by atoms with Gasteiger partial charge in [-0.25, -0.2) is 0 Å². The number of rotatable bonds is 9. The maximum atomic E-state index is 12.3. The van der Waals surface area contributed by atoms with Crippen LogP contribution in [0.3, 0.4) is 0 Å². The molecule has 27 heavy (non-hydrogen) atoms. The molecular weight excluding hydrogens is 352 g/mol. The molecule has 0 aliphatic rings. The smallest absolute Gasteiger partial charge is 0.276 e. The van der Waals surface area contributed by atoms with Crippen molar-refractivity contribution in [1.82, 2.24) is 10.9 Å². The van der Waals surface area contributed by atoms with E-state index in [9.17, 15) is 9.59 Å². The summed E-state index contributed by atoms with van der Waals surface area (Å²) in [5.41, 5.74) is 4.92. The van der Waals surface area contributed by atoms with Gasteiger partial charge >= 0.3 is 0 Å². The van der Waals surface area contributed by atoms with Crippen LogP contribution in [-0.2, 0) is 9.53 Å². The molecule has 0 spiro atoms. The highest BCUT2D eigenvalue weighted by Crippen LogP contribution is 2.25. The van der Waals surface area contributed by atoms with Gasteiger partial charge in [-0.2, -0.15) is 0 Å². The van der Waals surface area contributed by atoms with E-state index in [4.69, 9.17) is 18.9 Å². The first-order valence-corrected chi connectivity index (χ1v) is 8.21. The second-order valence-electron chi connectivity index (χ2n) is 5.28. The number of nitrogens with one attached hydrogen (secondary N) is 2. The quantitative estimate of drug-likeness (QED) is 0.511. The van der Waals surface area contributed by atoms with Crippen LogP contribution in [0, 0.1) is 0 Å². The number of hydrazine groups is 1. The van der Waals surface area contributed by atoms with Crippen LogP contribution in [-0.4, -0.2) is 45.9 Å². The van der Waals surface area contributed by atoms with E-state index in [0.717, 1.165) is 0 Å². The monoisotopic (exact) mass is 374 g/mol. The fourth-order valence-corrected chi connectivity index (χ4v) is 2.13. The molecular formula is C19H22N2O6. The van der Waals surface area contributed by atoms with Crippen LogP contribution in [0.2, 0.25) is 0 Å². The summed E-state index contributed by atoms with van der Waals surface area (Å²) in [6.07, 6.45) is 0. The summed E-state index contributed by atoms with van der Waals surface area (Å²) in [5.74, 6) is 0.308. The zero-order valence-electron chi connectivity index (χ0n) is 15.2. The first kappa shape index (κ1) is 20.1. The topological polar surface area (TPSA) is 95.1 Å². The number of benzene rings is 2. The van der Waals surface area contributed by atoms with Crippen molar-refractivity contribution >= 4 is 11.8 Å². The Kier molecular flexibility index (Phi) is 7.92. The van der Waals surface area contributed by atoms with Crippen molar-refractivity contribution in [3.05, 3.63) is 54.1 Å². The van der Waals surface area contributed by atoms with Gasteiger partial charge in [-0.1, -0.05) is 24.3 Å². The fourth-order valence-electron chi connectivity index (χ4n) is 2.13. The Labute approximate surface area is 157 Å². The van der Waals surface area contributed by atoms with Crippen LogP contribution in [0.15, 0.2) is 48.5 Å². The summed E-state index contributed by atoms with van der Waals surface area (Å²) in [6, 6.07) is 13.7. The van der Waals surface area contributed by atoms with Crippen molar-refractivity contribution in [2.24, 2.45) is 0 Å². The summed E-state index contributed by atoms with van der Waals surface area (Å²) >= 11 is 0. The highest BCUT2D eigenvalue weighted by molar-refractivity contribution is 5.97. The fraction of sp³-hybridized carbons (Fsp3) is 0.263. The standard InChI is InChI=1S/C19H22N2O6/c1-24-11-12-26-15-8-4-3-7-14(15)19(23)21-20-18(22)13-27-17-10-6-5-9-16(17)25-2/h3-10H,11-13H2,1-2H3,(H,20,22)(H,21,23). The number of ether oxygens (including phenoxy) is 4. The van der Waals surface area contributed by atoms with Gasteiger partial charge in [0.1, 0.15) is 12.4 Å². The third-order valence-corrected chi connectivity index (χ3v) is 3.42. The van der Waals surface area contributed by atoms with Gasteiger partial charge in [0.15, 0.2) is 18.1 Å². The summed E-state index contributed by atoms with van der Waals surface area (Å²) in [4.78, 5) is 24.2. The zero-order valence-corrected chi connectivity index (χ0v) is 15.2. The summed E-state index contributed by atoms with van der Waals surface area (Å²) in [7, 11) is 3.07. The molecule has 0 aromatic heterocycles. The summed E-state index contributed by atoms with van der Waals surface area (Å²) in [6.45, 7) is 0.416. The molecule has 0 saturated carbocycles. The van der Waals surface area contributed by atoms with Gasteiger partial charge < -0.3 is 18.9 Å². The molecule has 0 unspecified atom stereocenters. The minimum absolute atomic E-state index is 0.285. The van der Waals surface area contributed by atoms with Gasteiger partial charge in [-0.3, -0.25) is 20.4 Å². The van der Waals surface area contributed by atoms with Crippen LogP contribution >= 0.6 is 0 Å². The van der Waals surface area contributed by atoms with E-state index in [0.29, 0.717) is 36.0 Å². The van der Waals surface area contributed by atoms with Crippen molar-refractivity contribution in [3.8, 4) is 17.2 Å². The van der Waals surface area contributed by atoms with E-state index >= 15 is 0 Å². The average Bonchev–Trinajstić information content (AvgIpc) is 2.71. The Morgan fingerprint density at radius 2 is 1.48 bits per heavy atom. The molecule has 8 nitrogen and oxygen atoms in total. The molecule has 0 heterocycles. The predicted octanol–water partition coefficient (Wildman–Crippen LogP) is 1.56. The first-order valence-electron chi connectivity index (χ1n) is 8.21. The average molecular weight is 374 g/mol. The van der Waals surface area contributed by atoms with Gasteiger partial charge in [-0.15, -0.1) is 0 Å². The van der Waals surface area contributed by atoms with E-state index in [1.165, 1.54) is 7.11 Å². The predicted molar refractivity (Wildman–Crippen MR) is 97.9 cm³/mol. The highest BCUT2D eigenvalue weighted by atomic mass is 16.5. The lowest BCUT2D eigenvalue weighted by molar-refractivity contribution is -0.123. The molecule has 0 saturated heterocycles. The van der Waals surface area contributed by atoms with Crippen LogP contribution in [0.4, 0.5) is 0 Å². The molecule has 2 N–H and O–H groups in total. The zero-order chi connectivity index (χ0) is 19.5. The molecule has 144 valence electrons. The van der Waals surface area contributed by atoms with Gasteiger partial charge in [-0.05, 0) is 24.3 Å². The molecule has 2 amide bonds. The second kappa shape index (κ2) is 10.7. The highest BCUT2D eigenvalue weighted by Gasteiger charge is 2.13. The lowest BCUT2D eigenvalue weighted by Crippen LogP contribution is -2.44. The van der Waals surface area contributed by atoms with E-state index in [1.54, 1.807) is 55.6 Å². The Bertz CT molecular complexity index is 765. The number of carbonyl (C=O) groups excluding carboxylic acids is 2. The Morgan fingerprint density at radius 3 is 2.19 bits per heavy atom. The lowest BCUT2D eigenvalue weighted by Gasteiger charge is -2.13. The molecule has 0 bridgehead atoms. The van der Waals surface area contributed by atoms with E-state index in [2.05, 4.69) is 10.9 Å². The minimum atomic E-state index is -0.521. The van der Waals surface area contributed by atoms with Crippen LogP contribution in [0.1, 0.15) is 10.4 Å². The van der Waals surface area contributed by atoms with E-state index in [-0.39, 0.29) is 6.61 Å². The van der Waals surface area contributed by atoms with Crippen molar-refractivity contribution in [2.45, 2.75) is 0 Å². The van der Waals surface area contributed by atoms with Crippen molar-refractivity contribution < 1.29 is 28.5 Å². The van der Waals surface area contributed by atoms with E-state index < -0.39 is 11.8 Å². The second-order valence-corrected chi connectivity index (χ2v) is 5.28. The Balaban J connectivity index is 1.85. The van der Waals surface area contributed by atoms with Crippen LogP contribution in [0.5, 0.6) is 17.2 Å². The molecule has 2 aromatic carbocycles. The molecule has 0 radical (unpaired) electrons. The van der Waals surface area contributed by atoms with E-state index in [1.807, 2.05) is 0 Å². The molecule has 2 rings (SSSR count). The van der Waals surface area contributed by atoms with Gasteiger partial charge in [0.25, 0.3) is 11.8 Å². The number of amides is 2. The van der Waals surface area contributed by atoms with Crippen molar-refractivity contribution in [1.29, 1.82) is 0 Å². The van der Waals surface area contributed by atoms with Gasteiger partial charge in [0, 0.05) is 7.11 Å². The molecule has 0 aliphatic carbocycles. The van der Waals surface area contributed by atoms with Crippen LogP contribution in [0.25, 0.3) is 0 Å². The van der Waals surface area contributed by atoms with Gasteiger partial charge in [0.2, 0.25) is 0 Å². The summed E-state index contributed by atoms with van der Waals surface area (Å²) in [5, 5.41) is 0. The van der Waals surface area contributed by atoms with Gasteiger partial charge in [0.05, 0.1) is 19.3 Å². The molecule has 8 heteroatoms. The molecule has 2 aromatic rings. The molecule has 0 atom stereocenters. The number of carbonyl (C=O) groups is 2. The largest absolute Gasteiger partial charge is 0.493 e. The third-order valence-electron chi connectivity index (χ3n) is 3.42. The number of hydrogen-bond donors (Lipinski definition) is 2.